The number of aryl methyl sites for hydroxylation is 1. The molecule has 1 aromatic carbocycles. The molecule has 0 bridgehead atoms. The van der Waals surface area contributed by atoms with Crippen LogP contribution < -0.4 is 4.90 Å². The molecule has 0 radical (unpaired) electrons. The van der Waals surface area contributed by atoms with Crippen molar-refractivity contribution in [2.45, 2.75) is 13.0 Å². The molecular formula is C13H11N3O5. The lowest BCUT2D eigenvalue weighted by molar-refractivity contribution is -0.144. The van der Waals surface area contributed by atoms with Crippen LogP contribution in [-0.2, 0) is 9.53 Å². The first-order valence-corrected chi connectivity index (χ1v) is 6.16. The van der Waals surface area contributed by atoms with Gasteiger partial charge in [-0.3, -0.25) is 4.90 Å². The maximum absolute atomic E-state index is 11.6. The third-order valence-electron chi connectivity index (χ3n) is 3.05. The number of nitrogens with zero attached hydrogens (tertiary/aromatic N) is 3. The Labute approximate surface area is 118 Å². The number of carbonyl (C=O) groups is 2. The van der Waals surface area contributed by atoms with E-state index in [1.165, 1.54) is 4.90 Å². The molecule has 8 heteroatoms. The third kappa shape index (κ3) is 2.42. The lowest BCUT2D eigenvalue weighted by Gasteiger charge is -2.12. The van der Waals surface area contributed by atoms with E-state index in [2.05, 4.69) is 10.1 Å². The summed E-state index contributed by atoms with van der Waals surface area (Å²) >= 11 is 0. The van der Waals surface area contributed by atoms with Gasteiger partial charge in [0, 0.05) is 18.2 Å². The summed E-state index contributed by atoms with van der Waals surface area (Å²) in [6.45, 7) is 1.67. The SMILES string of the molecule is Cc1nc(-c2ccc(N3CC(C(=O)O)OC3=O)cc2)no1. The molecule has 108 valence electrons. The van der Waals surface area contributed by atoms with Crippen LogP contribution in [-0.4, -0.2) is 40.0 Å². The molecule has 0 spiro atoms. The van der Waals surface area contributed by atoms with Gasteiger partial charge in [-0.2, -0.15) is 4.98 Å². The van der Waals surface area contributed by atoms with Gasteiger partial charge in [0.15, 0.2) is 0 Å². The number of carbonyl (C=O) groups excluding carboxylic acids is 1. The van der Waals surface area contributed by atoms with Gasteiger partial charge in [-0.15, -0.1) is 0 Å². The fourth-order valence-electron chi connectivity index (χ4n) is 2.01. The highest BCUT2D eigenvalue weighted by atomic mass is 16.6. The summed E-state index contributed by atoms with van der Waals surface area (Å²) in [5.74, 6) is -0.252. The molecule has 1 saturated heterocycles. The fraction of sp³-hybridized carbons (Fsp3) is 0.231. The lowest BCUT2D eigenvalue weighted by atomic mass is 10.2. The third-order valence-corrected chi connectivity index (χ3v) is 3.05. The van der Waals surface area contributed by atoms with Crippen LogP contribution in [0.1, 0.15) is 5.89 Å². The molecule has 1 aromatic heterocycles. The van der Waals surface area contributed by atoms with E-state index in [9.17, 15) is 9.59 Å². The molecular weight excluding hydrogens is 278 g/mol. The van der Waals surface area contributed by atoms with Gasteiger partial charge in [-0.05, 0) is 24.3 Å². The van der Waals surface area contributed by atoms with Crippen molar-refractivity contribution >= 4 is 17.7 Å². The Bertz CT molecular complexity index is 694. The highest BCUT2D eigenvalue weighted by Gasteiger charge is 2.36. The van der Waals surface area contributed by atoms with Crippen molar-refractivity contribution in [1.29, 1.82) is 0 Å². The number of aromatic nitrogens is 2. The summed E-state index contributed by atoms with van der Waals surface area (Å²) in [4.78, 5) is 27.8. The van der Waals surface area contributed by atoms with Crippen molar-refractivity contribution in [3.8, 4) is 11.4 Å². The number of aliphatic carboxylic acids is 1. The summed E-state index contributed by atoms with van der Waals surface area (Å²) < 4.78 is 9.65. The van der Waals surface area contributed by atoms with E-state index in [0.29, 0.717) is 17.4 Å². The number of amides is 1. The van der Waals surface area contributed by atoms with Crippen molar-refractivity contribution in [2.24, 2.45) is 0 Å². The number of benzene rings is 1. The topological polar surface area (TPSA) is 106 Å². The fourth-order valence-corrected chi connectivity index (χ4v) is 2.01. The Morgan fingerprint density at radius 2 is 2.10 bits per heavy atom. The highest BCUT2D eigenvalue weighted by Crippen LogP contribution is 2.25. The summed E-state index contributed by atoms with van der Waals surface area (Å²) in [5, 5.41) is 12.7. The second-order valence-corrected chi connectivity index (χ2v) is 4.51. The highest BCUT2D eigenvalue weighted by molar-refractivity contribution is 5.94. The van der Waals surface area contributed by atoms with Gasteiger partial charge >= 0.3 is 12.1 Å². The van der Waals surface area contributed by atoms with Crippen molar-refractivity contribution in [1.82, 2.24) is 10.1 Å². The second-order valence-electron chi connectivity index (χ2n) is 4.51. The summed E-state index contributed by atoms with van der Waals surface area (Å²) in [6, 6.07) is 6.79. The molecule has 21 heavy (non-hydrogen) atoms. The molecule has 8 nitrogen and oxygen atoms in total. The Balaban J connectivity index is 1.81. The Kier molecular flexibility index (Phi) is 3.05. The van der Waals surface area contributed by atoms with Crippen molar-refractivity contribution in [3.05, 3.63) is 30.2 Å². The van der Waals surface area contributed by atoms with Crippen molar-refractivity contribution in [3.63, 3.8) is 0 Å². The Hall–Kier alpha value is -2.90. The molecule has 3 rings (SSSR count). The molecule has 0 saturated carbocycles. The largest absolute Gasteiger partial charge is 0.478 e. The second kappa shape index (κ2) is 4.89. The maximum atomic E-state index is 11.6. The quantitative estimate of drug-likeness (QED) is 0.911. The van der Waals surface area contributed by atoms with Crippen LogP contribution in [0.2, 0.25) is 0 Å². The van der Waals surface area contributed by atoms with E-state index in [-0.39, 0.29) is 6.54 Å². The number of carboxylic acid groups (broad SMARTS) is 1. The van der Waals surface area contributed by atoms with Gasteiger partial charge in [-0.1, -0.05) is 5.16 Å². The molecule has 1 atom stereocenters. The monoisotopic (exact) mass is 289 g/mol. The minimum absolute atomic E-state index is 0.0190. The zero-order valence-electron chi connectivity index (χ0n) is 11.0. The van der Waals surface area contributed by atoms with Gasteiger partial charge in [0.25, 0.3) is 0 Å². The predicted molar refractivity (Wildman–Crippen MR) is 69.7 cm³/mol. The van der Waals surface area contributed by atoms with Crippen molar-refractivity contribution in [2.75, 3.05) is 11.4 Å². The molecule has 2 heterocycles. The predicted octanol–water partition coefficient (Wildman–Crippen LogP) is 1.45. The maximum Gasteiger partial charge on any atom is 0.415 e. The standard InChI is InChI=1S/C13H11N3O5/c1-7-14-11(15-21-7)8-2-4-9(5-3-8)16-6-10(12(17)18)20-13(16)19/h2-5,10H,6H2,1H3,(H,17,18). The Morgan fingerprint density at radius 1 is 1.38 bits per heavy atom. The van der Waals surface area contributed by atoms with Crippen LogP contribution in [0.5, 0.6) is 0 Å². The van der Waals surface area contributed by atoms with Gasteiger partial charge in [0.2, 0.25) is 17.8 Å². The molecule has 0 aliphatic carbocycles. The van der Waals surface area contributed by atoms with E-state index < -0.39 is 18.2 Å². The number of hydrogen-bond donors (Lipinski definition) is 1. The van der Waals surface area contributed by atoms with E-state index in [1.807, 2.05) is 0 Å². The normalized spacial score (nSPS) is 17.9. The average molecular weight is 289 g/mol. The number of rotatable bonds is 3. The van der Waals surface area contributed by atoms with Crippen LogP contribution in [0.25, 0.3) is 11.4 Å². The van der Waals surface area contributed by atoms with Crippen LogP contribution in [0, 0.1) is 6.92 Å². The molecule has 2 aromatic rings. The summed E-state index contributed by atoms with van der Waals surface area (Å²) in [6.07, 6.45) is -1.82. The molecule has 1 aliphatic rings. The first-order chi connectivity index (χ1) is 10.0. The average Bonchev–Trinajstić information content (AvgIpc) is 3.05. The minimum Gasteiger partial charge on any atom is -0.478 e. The van der Waals surface area contributed by atoms with Gasteiger partial charge < -0.3 is 14.4 Å². The lowest BCUT2D eigenvalue weighted by Crippen LogP contribution is -2.27. The first kappa shape index (κ1) is 13.1. The van der Waals surface area contributed by atoms with E-state index in [4.69, 9.17) is 14.4 Å². The van der Waals surface area contributed by atoms with E-state index in [1.54, 1.807) is 31.2 Å². The van der Waals surface area contributed by atoms with Crippen LogP contribution in [0.15, 0.2) is 28.8 Å². The zero-order valence-corrected chi connectivity index (χ0v) is 11.0. The summed E-state index contributed by atoms with van der Waals surface area (Å²) in [5.41, 5.74) is 1.28. The van der Waals surface area contributed by atoms with Crippen LogP contribution in [0.4, 0.5) is 10.5 Å². The molecule has 1 unspecified atom stereocenters. The molecule has 1 fully saturated rings. The first-order valence-electron chi connectivity index (χ1n) is 6.16. The Morgan fingerprint density at radius 3 is 2.62 bits per heavy atom. The molecule has 1 aliphatic heterocycles. The van der Waals surface area contributed by atoms with Gasteiger partial charge in [-0.25, -0.2) is 9.59 Å². The number of carboxylic acids is 1. The van der Waals surface area contributed by atoms with E-state index >= 15 is 0 Å². The van der Waals surface area contributed by atoms with Gasteiger partial charge in [0.1, 0.15) is 0 Å². The number of ether oxygens (including phenoxy) is 1. The minimum atomic E-state index is -1.16. The number of hydrogen-bond acceptors (Lipinski definition) is 6. The van der Waals surface area contributed by atoms with Crippen LogP contribution >= 0.6 is 0 Å². The smallest absolute Gasteiger partial charge is 0.415 e. The number of anilines is 1. The van der Waals surface area contributed by atoms with Gasteiger partial charge in [0.05, 0.1) is 6.54 Å². The molecule has 1 N–H and O–H groups in total. The number of cyclic esters (lactones) is 1. The van der Waals surface area contributed by atoms with Crippen molar-refractivity contribution < 1.29 is 24.0 Å². The zero-order chi connectivity index (χ0) is 15.0. The van der Waals surface area contributed by atoms with Crippen LogP contribution in [0.3, 0.4) is 0 Å². The molecule has 1 amide bonds. The van der Waals surface area contributed by atoms with E-state index in [0.717, 1.165) is 5.56 Å². The summed E-state index contributed by atoms with van der Waals surface area (Å²) in [7, 11) is 0.